The van der Waals surface area contributed by atoms with Gasteiger partial charge in [0.05, 0.1) is 16.1 Å². The van der Waals surface area contributed by atoms with Crippen LogP contribution < -0.4 is 11.5 Å². The van der Waals surface area contributed by atoms with Crippen LogP contribution in [-0.2, 0) is 0 Å². The van der Waals surface area contributed by atoms with Gasteiger partial charge < -0.3 is 11.5 Å². The Hall–Kier alpha value is -3.19. The molecule has 5 N–H and O–H groups in total. The zero-order valence-electron chi connectivity index (χ0n) is 12.6. The van der Waals surface area contributed by atoms with E-state index < -0.39 is 0 Å². The first-order valence-electron chi connectivity index (χ1n) is 7.27. The Balaban J connectivity index is 1.98. The molecule has 4 rings (SSSR count). The molecular formula is C17H14N6S. The summed E-state index contributed by atoms with van der Waals surface area (Å²) in [6.07, 6.45) is 0. The monoisotopic (exact) mass is 334 g/mol. The fourth-order valence-corrected chi connectivity index (χ4v) is 3.27. The number of nitrogens with zero attached hydrogens (tertiary/aromatic N) is 3. The lowest BCUT2D eigenvalue weighted by Gasteiger charge is -2.05. The van der Waals surface area contributed by atoms with Crippen molar-refractivity contribution in [2.24, 2.45) is 5.73 Å². The number of aromatic nitrogens is 3. The highest BCUT2D eigenvalue weighted by Gasteiger charge is 2.16. The Morgan fingerprint density at radius 2 is 1.88 bits per heavy atom. The third kappa shape index (κ3) is 2.31. The van der Waals surface area contributed by atoms with Crippen LogP contribution in [0.4, 0.5) is 5.69 Å². The minimum atomic E-state index is -0.0333. The van der Waals surface area contributed by atoms with E-state index in [1.165, 1.54) is 0 Å². The topological polar surface area (TPSA) is 106 Å². The Morgan fingerprint density at radius 3 is 2.54 bits per heavy atom. The van der Waals surface area contributed by atoms with Gasteiger partial charge in [0.25, 0.3) is 0 Å². The number of amidine groups is 1. The van der Waals surface area contributed by atoms with Gasteiger partial charge in [-0.05, 0) is 47.8 Å². The van der Waals surface area contributed by atoms with Crippen molar-refractivity contribution in [2.75, 3.05) is 5.73 Å². The summed E-state index contributed by atoms with van der Waals surface area (Å²) in [7, 11) is 0. The molecule has 0 saturated heterocycles. The summed E-state index contributed by atoms with van der Waals surface area (Å²) < 4.78 is 1.74. The highest BCUT2D eigenvalue weighted by atomic mass is 32.1. The van der Waals surface area contributed by atoms with E-state index in [0.717, 1.165) is 16.1 Å². The summed E-state index contributed by atoms with van der Waals surface area (Å²) in [5.41, 5.74) is 15.0. The van der Waals surface area contributed by atoms with Crippen LogP contribution in [0.3, 0.4) is 0 Å². The maximum absolute atomic E-state index is 7.79. The molecule has 0 saturated carbocycles. The molecule has 0 aliphatic heterocycles. The van der Waals surface area contributed by atoms with Gasteiger partial charge in [-0.2, -0.15) is 0 Å². The molecule has 1 aromatic carbocycles. The number of benzene rings is 1. The van der Waals surface area contributed by atoms with Crippen molar-refractivity contribution in [3.63, 3.8) is 0 Å². The van der Waals surface area contributed by atoms with Crippen LogP contribution >= 0.6 is 11.3 Å². The fraction of sp³-hybridized carbons (Fsp3) is 0. The summed E-state index contributed by atoms with van der Waals surface area (Å²) in [6, 6.07) is 15.1. The molecule has 0 bridgehead atoms. The van der Waals surface area contributed by atoms with Crippen molar-refractivity contribution in [1.82, 2.24) is 14.6 Å². The van der Waals surface area contributed by atoms with Gasteiger partial charge in [0.2, 0.25) is 0 Å². The molecule has 0 aliphatic carbocycles. The van der Waals surface area contributed by atoms with E-state index in [9.17, 15) is 0 Å². The Bertz CT molecular complexity index is 1030. The molecule has 0 aliphatic rings. The number of nitrogens with two attached hydrogens (primary N) is 2. The number of hydrogen-bond acceptors (Lipinski definition) is 5. The number of nitrogens with one attached hydrogen (secondary N) is 1. The Labute approximate surface area is 141 Å². The van der Waals surface area contributed by atoms with E-state index in [0.29, 0.717) is 22.7 Å². The van der Waals surface area contributed by atoms with Gasteiger partial charge in [0.1, 0.15) is 5.84 Å². The molecule has 0 unspecified atom stereocenters. The molecule has 0 fully saturated rings. The van der Waals surface area contributed by atoms with Gasteiger partial charge in [0.15, 0.2) is 11.5 Å². The van der Waals surface area contributed by atoms with Crippen molar-refractivity contribution < 1.29 is 0 Å². The van der Waals surface area contributed by atoms with E-state index >= 15 is 0 Å². The van der Waals surface area contributed by atoms with E-state index in [1.54, 1.807) is 15.9 Å². The average molecular weight is 334 g/mol. The van der Waals surface area contributed by atoms with Gasteiger partial charge in [-0.25, -0.2) is 9.50 Å². The number of nitrogen functional groups attached to an aromatic ring is 2. The quantitative estimate of drug-likeness (QED) is 0.304. The van der Waals surface area contributed by atoms with Crippen LogP contribution in [0, 0.1) is 5.41 Å². The van der Waals surface area contributed by atoms with Crippen molar-refractivity contribution >= 4 is 28.5 Å². The second-order valence-corrected chi connectivity index (χ2v) is 6.26. The van der Waals surface area contributed by atoms with Gasteiger partial charge in [-0.15, -0.1) is 16.4 Å². The molecular weight excluding hydrogens is 320 g/mol. The second-order valence-electron chi connectivity index (χ2n) is 5.32. The SMILES string of the molecule is N=C(N)c1ccc(-c2cccs2)n2nc(-c3ccc(N)cc3)nc12. The van der Waals surface area contributed by atoms with Gasteiger partial charge >= 0.3 is 0 Å². The lowest BCUT2D eigenvalue weighted by atomic mass is 10.2. The van der Waals surface area contributed by atoms with Gasteiger partial charge in [-0.3, -0.25) is 5.41 Å². The van der Waals surface area contributed by atoms with Crippen LogP contribution in [0.1, 0.15) is 5.56 Å². The van der Waals surface area contributed by atoms with Gasteiger partial charge in [-0.1, -0.05) is 6.07 Å². The molecule has 0 spiro atoms. The normalized spacial score (nSPS) is 11.0. The van der Waals surface area contributed by atoms with Crippen LogP contribution in [0.5, 0.6) is 0 Å². The highest BCUT2D eigenvalue weighted by molar-refractivity contribution is 7.13. The van der Waals surface area contributed by atoms with Crippen molar-refractivity contribution in [1.29, 1.82) is 5.41 Å². The predicted molar refractivity (Wildman–Crippen MR) is 97.2 cm³/mol. The number of thiophene rings is 1. The maximum atomic E-state index is 7.79. The van der Waals surface area contributed by atoms with Crippen molar-refractivity contribution in [3.8, 4) is 22.0 Å². The zero-order chi connectivity index (χ0) is 16.7. The van der Waals surface area contributed by atoms with E-state index in [4.69, 9.17) is 16.9 Å². The van der Waals surface area contributed by atoms with E-state index in [2.05, 4.69) is 10.1 Å². The zero-order valence-corrected chi connectivity index (χ0v) is 13.4. The molecule has 7 heteroatoms. The fourth-order valence-electron chi connectivity index (χ4n) is 2.54. The number of fused-ring (bicyclic) bond motifs is 1. The average Bonchev–Trinajstić information content (AvgIpc) is 3.24. The summed E-state index contributed by atoms with van der Waals surface area (Å²) in [5.74, 6) is 0.537. The molecule has 6 nitrogen and oxygen atoms in total. The number of anilines is 1. The number of pyridine rings is 1. The van der Waals surface area contributed by atoms with Gasteiger partial charge in [0, 0.05) is 11.3 Å². The van der Waals surface area contributed by atoms with Crippen LogP contribution in [0.15, 0.2) is 53.9 Å². The first kappa shape index (κ1) is 14.4. The molecule has 24 heavy (non-hydrogen) atoms. The van der Waals surface area contributed by atoms with Crippen molar-refractivity contribution in [2.45, 2.75) is 0 Å². The third-order valence-electron chi connectivity index (χ3n) is 3.72. The molecule has 4 aromatic rings. The largest absolute Gasteiger partial charge is 0.399 e. The summed E-state index contributed by atoms with van der Waals surface area (Å²) in [5, 5.41) is 14.4. The number of hydrogen-bond donors (Lipinski definition) is 3. The molecule has 0 amide bonds. The van der Waals surface area contributed by atoms with E-state index in [-0.39, 0.29) is 5.84 Å². The molecule has 118 valence electrons. The lowest BCUT2D eigenvalue weighted by molar-refractivity contribution is 0.975. The first-order valence-corrected chi connectivity index (χ1v) is 8.15. The van der Waals surface area contributed by atoms with Crippen LogP contribution in [0.25, 0.3) is 27.6 Å². The first-order chi connectivity index (χ1) is 11.6. The smallest absolute Gasteiger partial charge is 0.182 e. The van der Waals surface area contributed by atoms with Crippen molar-refractivity contribution in [3.05, 3.63) is 59.5 Å². The second kappa shape index (κ2) is 5.47. The Kier molecular flexibility index (Phi) is 3.28. The third-order valence-corrected chi connectivity index (χ3v) is 4.61. The molecule has 3 heterocycles. The summed E-state index contributed by atoms with van der Waals surface area (Å²) >= 11 is 1.62. The highest BCUT2D eigenvalue weighted by Crippen LogP contribution is 2.28. The van der Waals surface area contributed by atoms with Crippen LogP contribution in [0.2, 0.25) is 0 Å². The molecule has 0 radical (unpaired) electrons. The minimum absolute atomic E-state index is 0.0333. The molecule has 0 atom stereocenters. The van der Waals surface area contributed by atoms with Crippen LogP contribution in [-0.4, -0.2) is 20.4 Å². The standard InChI is InChI=1S/C17H14N6S/c18-11-5-3-10(4-6-11)16-21-17-12(15(19)20)7-8-13(23(17)22-16)14-2-1-9-24-14/h1-9H,18H2,(H3,19,20). The van der Waals surface area contributed by atoms with E-state index in [1.807, 2.05) is 53.9 Å². The molecule has 3 aromatic heterocycles. The maximum Gasteiger partial charge on any atom is 0.182 e. The lowest BCUT2D eigenvalue weighted by Crippen LogP contribution is -2.13. The predicted octanol–water partition coefficient (Wildman–Crippen LogP) is 2.99. The number of rotatable bonds is 3. The summed E-state index contributed by atoms with van der Waals surface area (Å²) in [4.78, 5) is 5.67. The minimum Gasteiger partial charge on any atom is -0.399 e. The Morgan fingerprint density at radius 1 is 1.08 bits per heavy atom. The summed E-state index contributed by atoms with van der Waals surface area (Å²) in [6.45, 7) is 0.